The van der Waals surface area contributed by atoms with Crippen molar-refractivity contribution in [3.63, 3.8) is 0 Å². The third-order valence-corrected chi connectivity index (χ3v) is 7.84. The Bertz CT molecular complexity index is 1020. The van der Waals surface area contributed by atoms with E-state index in [-0.39, 0.29) is 27.7 Å². The first-order valence-electron chi connectivity index (χ1n) is 10.8. The molecule has 164 valence electrons. The third kappa shape index (κ3) is 3.78. The number of aryl methyl sites for hydroxylation is 1. The summed E-state index contributed by atoms with van der Waals surface area (Å²) in [6.07, 6.45) is 2.26. The zero-order valence-corrected chi connectivity index (χ0v) is 20.1. The molecular weight excluding hydrogens is 406 g/mol. The zero-order chi connectivity index (χ0) is 22.6. The van der Waals surface area contributed by atoms with Crippen LogP contribution >= 0.6 is 11.8 Å². The maximum absolute atomic E-state index is 12.8. The summed E-state index contributed by atoms with van der Waals surface area (Å²) in [5.74, 6) is 0.821. The summed E-state index contributed by atoms with van der Waals surface area (Å²) < 4.78 is 5.32. The van der Waals surface area contributed by atoms with Gasteiger partial charge in [-0.05, 0) is 70.5 Å². The molecule has 0 spiro atoms. The Labute approximate surface area is 189 Å². The fourth-order valence-corrected chi connectivity index (χ4v) is 5.63. The molecule has 1 saturated heterocycles. The predicted octanol–water partition coefficient (Wildman–Crippen LogP) is 6.14. The molecule has 0 bridgehead atoms. The Kier molecular flexibility index (Phi) is 5.45. The number of hydrogen-bond acceptors (Lipinski definition) is 4. The Balaban J connectivity index is 1.93. The number of imide groups is 1. The monoisotopic (exact) mass is 437 g/mol. The van der Waals surface area contributed by atoms with Crippen LogP contribution in [-0.2, 0) is 15.6 Å². The zero-order valence-electron chi connectivity index (χ0n) is 19.2. The lowest BCUT2D eigenvalue weighted by molar-refractivity contribution is -0.125. The number of fused-ring (bicyclic) bond motifs is 1. The second-order valence-electron chi connectivity index (χ2n) is 10.0. The molecule has 0 saturated carbocycles. The number of methoxy groups -OCH3 is 1. The van der Waals surface area contributed by atoms with Gasteiger partial charge >= 0.3 is 0 Å². The minimum absolute atomic E-state index is 0.0472. The van der Waals surface area contributed by atoms with E-state index in [2.05, 4.69) is 46.8 Å². The first-order valence-corrected chi connectivity index (χ1v) is 11.8. The molecule has 1 atom stereocenters. The highest BCUT2D eigenvalue weighted by Gasteiger charge is 2.41. The molecule has 2 amide bonds. The van der Waals surface area contributed by atoms with Crippen LogP contribution in [-0.4, -0.2) is 28.9 Å². The largest absolute Gasteiger partial charge is 0.497 e. The van der Waals surface area contributed by atoms with Gasteiger partial charge in [-0.25, -0.2) is 0 Å². The fourth-order valence-electron chi connectivity index (χ4n) is 4.90. The molecule has 1 aliphatic heterocycles. The number of carbonyl (C=O) groups excluding carboxylic acids is 2. The molecule has 4 rings (SSSR count). The van der Waals surface area contributed by atoms with Gasteiger partial charge < -0.3 is 4.74 Å². The highest BCUT2D eigenvalue weighted by atomic mass is 32.2. The van der Waals surface area contributed by atoms with Crippen molar-refractivity contribution in [2.45, 2.75) is 64.3 Å². The van der Waals surface area contributed by atoms with E-state index < -0.39 is 6.04 Å². The fraction of sp³-hybridized carbons (Fsp3) is 0.462. The van der Waals surface area contributed by atoms with Crippen LogP contribution in [0.2, 0.25) is 0 Å². The lowest BCUT2D eigenvalue weighted by Crippen LogP contribution is -2.37. The Hall–Kier alpha value is -2.27. The number of carbonyl (C=O) groups is 2. The molecule has 0 radical (unpaired) electrons. The number of amides is 2. The van der Waals surface area contributed by atoms with E-state index in [4.69, 9.17) is 4.74 Å². The van der Waals surface area contributed by atoms with Crippen LogP contribution < -0.4 is 4.74 Å². The van der Waals surface area contributed by atoms with Crippen molar-refractivity contribution < 1.29 is 14.3 Å². The topological polar surface area (TPSA) is 46.6 Å². The van der Waals surface area contributed by atoms with Crippen molar-refractivity contribution in [2.24, 2.45) is 0 Å². The van der Waals surface area contributed by atoms with Crippen LogP contribution in [0.15, 0.2) is 36.4 Å². The lowest BCUT2D eigenvalue weighted by Gasteiger charge is -2.43. The molecule has 0 N–H and O–H groups in total. The van der Waals surface area contributed by atoms with Crippen molar-refractivity contribution in [1.82, 2.24) is 4.90 Å². The third-order valence-electron chi connectivity index (χ3n) is 7.01. The van der Waals surface area contributed by atoms with E-state index in [1.165, 1.54) is 16.0 Å². The van der Waals surface area contributed by atoms with Crippen LogP contribution in [0.4, 0.5) is 4.79 Å². The molecule has 2 aromatic rings. The second-order valence-corrected chi connectivity index (χ2v) is 10.9. The normalized spacial score (nSPS) is 20.5. The summed E-state index contributed by atoms with van der Waals surface area (Å²) in [6, 6.07) is 11.8. The average Bonchev–Trinajstić information content (AvgIpc) is 3.05. The van der Waals surface area contributed by atoms with Gasteiger partial charge in [-0.15, -0.1) is 0 Å². The number of hydrogen-bond donors (Lipinski definition) is 0. The van der Waals surface area contributed by atoms with Crippen molar-refractivity contribution in [3.05, 3.63) is 64.2 Å². The van der Waals surface area contributed by atoms with Gasteiger partial charge in [0.05, 0.1) is 18.9 Å². The molecule has 31 heavy (non-hydrogen) atoms. The van der Waals surface area contributed by atoms with Gasteiger partial charge in [0.2, 0.25) is 5.91 Å². The molecule has 5 heteroatoms. The van der Waals surface area contributed by atoms with E-state index in [1.807, 2.05) is 24.3 Å². The molecule has 1 heterocycles. The van der Waals surface area contributed by atoms with Gasteiger partial charge in [-0.1, -0.05) is 63.7 Å². The maximum atomic E-state index is 12.8. The number of ether oxygens (including phenoxy) is 1. The van der Waals surface area contributed by atoms with Crippen molar-refractivity contribution in [2.75, 3.05) is 12.9 Å². The number of rotatable bonds is 4. The first kappa shape index (κ1) is 21.9. The molecular formula is C26H31NO3S. The van der Waals surface area contributed by atoms with E-state index in [1.54, 1.807) is 7.11 Å². The summed E-state index contributed by atoms with van der Waals surface area (Å²) in [5, 5.41) is -0.178. The predicted molar refractivity (Wildman–Crippen MR) is 126 cm³/mol. The molecule has 2 aliphatic rings. The van der Waals surface area contributed by atoms with Gasteiger partial charge in [-0.2, -0.15) is 0 Å². The van der Waals surface area contributed by atoms with E-state index in [9.17, 15) is 9.59 Å². The van der Waals surface area contributed by atoms with E-state index in [0.717, 1.165) is 47.0 Å². The Morgan fingerprint density at radius 3 is 2.06 bits per heavy atom. The number of benzene rings is 2. The molecule has 1 fully saturated rings. The minimum atomic E-state index is -0.438. The van der Waals surface area contributed by atoms with Gasteiger partial charge in [0.15, 0.2) is 0 Å². The van der Waals surface area contributed by atoms with Crippen molar-refractivity contribution >= 4 is 22.9 Å². The summed E-state index contributed by atoms with van der Waals surface area (Å²) in [6.45, 7) is 11.3. The van der Waals surface area contributed by atoms with Gasteiger partial charge in [-0.3, -0.25) is 14.5 Å². The summed E-state index contributed by atoms with van der Waals surface area (Å²) in [4.78, 5) is 27.0. The van der Waals surface area contributed by atoms with Crippen molar-refractivity contribution in [1.29, 1.82) is 0 Å². The molecule has 1 unspecified atom stereocenters. The van der Waals surface area contributed by atoms with Crippen LogP contribution in [0.25, 0.3) is 0 Å². The number of nitrogens with zero attached hydrogens (tertiary/aromatic N) is 1. The smallest absolute Gasteiger partial charge is 0.289 e. The maximum Gasteiger partial charge on any atom is 0.289 e. The van der Waals surface area contributed by atoms with Crippen LogP contribution in [0.1, 0.15) is 74.4 Å². The minimum Gasteiger partial charge on any atom is -0.497 e. The summed E-state index contributed by atoms with van der Waals surface area (Å²) >= 11 is 1.09. The average molecular weight is 438 g/mol. The molecule has 1 aliphatic carbocycles. The van der Waals surface area contributed by atoms with E-state index >= 15 is 0 Å². The second kappa shape index (κ2) is 7.70. The van der Waals surface area contributed by atoms with Crippen molar-refractivity contribution in [3.8, 4) is 5.75 Å². The van der Waals surface area contributed by atoms with Crippen LogP contribution in [0.3, 0.4) is 0 Å². The summed E-state index contributed by atoms with van der Waals surface area (Å²) in [7, 11) is 1.63. The highest BCUT2D eigenvalue weighted by molar-refractivity contribution is 8.14. The molecule has 4 nitrogen and oxygen atoms in total. The lowest BCUT2D eigenvalue weighted by atomic mass is 9.62. The number of thioether (sulfide) groups is 1. The van der Waals surface area contributed by atoms with Crippen LogP contribution in [0, 0.1) is 6.92 Å². The standard InChI is InChI=1S/C26H31NO3S/c1-16-13-20-21(26(4,5)12-11-25(20,2)3)14-19(16)23(27-22(28)15-31-24(27)29)17-7-9-18(30-6)10-8-17/h7-10,13-14,23H,11-12,15H2,1-6H3. The Morgan fingerprint density at radius 2 is 1.55 bits per heavy atom. The van der Waals surface area contributed by atoms with Gasteiger partial charge in [0.1, 0.15) is 5.75 Å². The van der Waals surface area contributed by atoms with Gasteiger partial charge in [0.25, 0.3) is 5.24 Å². The van der Waals surface area contributed by atoms with E-state index in [0.29, 0.717) is 0 Å². The first-order chi connectivity index (χ1) is 14.5. The quantitative estimate of drug-likeness (QED) is 0.577. The molecule has 0 aromatic heterocycles. The Morgan fingerprint density at radius 1 is 0.968 bits per heavy atom. The summed E-state index contributed by atoms with van der Waals surface area (Å²) in [5.41, 5.74) is 5.92. The van der Waals surface area contributed by atoms with Crippen LogP contribution in [0.5, 0.6) is 5.75 Å². The highest BCUT2D eigenvalue weighted by Crippen LogP contribution is 2.48. The molecule has 2 aromatic carbocycles. The SMILES string of the molecule is COc1ccc(C(c2cc3c(cc2C)C(C)(C)CCC3(C)C)N2C(=O)CSC2=O)cc1. The van der Waals surface area contributed by atoms with Gasteiger partial charge in [0, 0.05) is 0 Å².